The van der Waals surface area contributed by atoms with Gasteiger partial charge in [0.1, 0.15) is 18.9 Å². The molecule has 0 aromatic heterocycles. The van der Waals surface area contributed by atoms with Gasteiger partial charge in [0.05, 0.1) is 0 Å². The van der Waals surface area contributed by atoms with Gasteiger partial charge in [-0.3, -0.25) is 4.79 Å². The molecule has 4 nitrogen and oxygen atoms in total. The van der Waals surface area contributed by atoms with Crippen molar-refractivity contribution in [2.45, 2.75) is 31.9 Å². The van der Waals surface area contributed by atoms with Gasteiger partial charge in [-0.15, -0.1) is 0 Å². The lowest BCUT2D eigenvalue weighted by molar-refractivity contribution is -0.146. The van der Waals surface area contributed by atoms with Gasteiger partial charge in [-0.05, 0) is 18.4 Å². The molecule has 0 aliphatic rings. The molecule has 0 radical (unpaired) electrons. The summed E-state index contributed by atoms with van der Waals surface area (Å²) in [6.45, 7) is 0.237. The molecule has 0 saturated carbocycles. The number of carbonyl (C=O) groups is 2. The first kappa shape index (κ1) is 13.4. The third kappa shape index (κ3) is 5.26. The summed E-state index contributed by atoms with van der Waals surface area (Å²) >= 11 is 0. The third-order valence-corrected chi connectivity index (χ3v) is 2.36. The summed E-state index contributed by atoms with van der Waals surface area (Å²) in [6.07, 6.45) is 2.35. The van der Waals surface area contributed by atoms with Gasteiger partial charge in [-0.2, -0.15) is 0 Å². The summed E-state index contributed by atoms with van der Waals surface area (Å²) in [7, 11) is 0. The zero-order valence-corrected chi connectivity index (χ0v) is 9.67. The van der Waals surface area contributed by atoms with Crippen LogP contribution in [0.1, 0.15) is 24.8 Å². The van der Waals surface area contributed by atoms with E-state index in [1.165, 1.54) is 0 Å². The van der Waals surface area contributed by atoms with Crippen LogP contribution in [0.3, 0.4) is 0 Å². The normalized spacial score (nSPS) is 11.8. The highest BCUT2D eigenvalue weighted by atomic mass is 16.5. The van der Waals surface area contributed by atoms with E-state index in [2.05, 4.69) is 0 Å². The summed E-state index contributed by atoms with van der Waals surface area (Å²) in [5.41, 5.74) is 6.56. The lowest BCUT2D eigenvalue weighted by Gasteiger charge is -2.10. The van der Waals surface area contributed by atoms with Gasteiger partial charge in [0.15, 0.2) is 0 Å². The van der Waals surface area contributed by atoms with Gasteiger partial charge in [0.25, 0.3) is 0 Å². The van der Waals surface area contributed by atoms with E-state index in [1.807, 2.05) is 30.3 Å². The van der Waals surface area contributed by atoms with Crippen molar-refractivity contribution in [3.8, 4) is 0 Å². The zero-order valence-electron chi connectivity index (χ0n) is 9.67. The van der Waals surface area contributed by atoms with Crippen LogP contribution in [0.2, 0.25) is 0 Å². The van der Waals surface area contributed by atoms with Crippen LogP contribution in [0.4, 0.5) is 0 Å². The van der Waals surface area contributed by atoms with Crippen molar-refractivity contribution in [2.75, 3.05) is 0 Å². The van der Waals surface area contributed by atoms with Gasteiger partial charge >= 0.3 is 5.97 Å². The van der Waals surface area contributed by atoms with Crippen LogP contribution in [0.25, 0.3) is 0 Å². The summed E-state index contributed by atoms with van der Waals surface area (Å²) < 4.78 is 5.07. The van der Waals surface area contributed by atoms with E-state index in [9.17, 15) is 9.59 Å². The van der Waals surface area contributed by atoms with E-state index in [0.29, 0.717) is 19.3 Å². The summed E-state index contributed by atoms with van der Waals surface area (Å²) in [5.74, 6) is -0.417. The van der Waals surface area contributed by atoms with E-state index in [1.54, 1.807) is 0 Å². The van der Waals surface area contributed by atoms with Crippen LogP contribution in [0, 0.1) is 0 Å². The number of aldehydes is 1. The number of ether oxygens (including phenoxy) is 1. The Kier molecular flexibility index (Phi) is 5.96. The Balaban J connectivity index is 2.26. The minimum atomic E-state index is -0.640. The van der Waals surface area contributed by atoms with Crippen LogP contribution < -0.4 is 5.73 Å². The molecule has 0 bridgehead atoms. The molecule has 1 aromatic rings. The summed E-state index contributed by atoms with van der Waals surface area (Å²) in [4.78, 5) is 21.6. The van der Waals surface area contributed by atoms with Crippen LogP contribution in [0.15, 0.2) is 30.3 Å². The molecule has 2 N–H and O–H groups in total. The Morgan fingerprint density at radius 1 is 1.35 bits per heavy atom. The number of hydrogen-bond acceptors (Lipinski definition) is 4. The highest BCUT2D eigenvalue weighted by molar-refractivity contribution is 5.75. The number of nitrogens with two attached hydrogens (primary N) is 1. The molecular weight excluding hydrogens is 218 g/mol. The highest BCUT2D eigenvalue weighted by Gasteiger charge is 2.14. The standard InChI is InChI=1S/C13H17NO3/c14-12(8-4-5-9-15)13(16)17-10-11-6-2-1-3-7-11/h1-3,6-7,9,12H,4-5,8,10,14H2. The Morgan fingerprint density at radius 3 is 2.71 bits per heavy atom. The highest BCUT2D eigenvalue weighted by Crippen LogP contribution is 2.04. The third-order valence-electron chi connectivity index (χ3n) is 2.36. The maximum absolute atomic E-state index is 11.5. The number of unbranched alkanes of at least 4 members (excludes halogenated alkanes) is 1. The minimum absolute atomic E-state index is 0.237. The molecule has 1 rings (SSSR count). The largest absolute Gasteiger partial charge is 0.460 e. The molecule has 0 saturated heterocycles. The van der Waals surface area contributed by atoms with Gasteiger partial charge in [-0.25, -0.2) is 0 Å². The molecule has 0 spiro atoms. The minimum Gasteiger partial charge on any atom is -0.460 e. The molecule has 4 heteroatoms. The second-order valence-electron chi connectivity index (χ2n) is 3.80. The van der Waals surface area contributed by atoms with E-state index >= 15 is 0 Å². The van der Waals surface area contributed by atoms with Crippen LogP contribution >= 0.6 is 0 Å². The molecule has 0 heterocycles. The predicted molar refractivity (Wildman–Crippen MR) is 64.1 cm³/mol. The SMILES string of the molecule is NC(CCCC=O)C(=O)OCc1ccccc1. The van der Waals surface area contributed by atoms with Gasteiger partial charge in [-0.1, -0.05) is 30.3 Å². The molecule has 1 unspecified atom stereocenters. The number of benzene rings is 1. The monoisotopic (exact) mass is 235 g/mol. The van der Waals surface area contributed by atoms with Crippen LogP contribution in [-0.2, 0) is 20.9 Å². The molecule has 0 aliphatic carbocycles. The fraction of sp³-hybridized carbons (Fsp3) is 0.385. The molecule has 0 fully saturated rings. The molecular formula is C13H17NO3. The topological polar surface area (TPSA) is 69.4 Å². The molecule has 1 atom stereocenters. The summed E-state index contributed by atoms with van der Waals surface area (Å²) in [5, 5.41) is 0. The van der Waals surface area contributed by atoms with E-state index in [0.717, 1.165) is 11.8 Å². The average Bonchev–Trinajstić information content (AvgIpc) is 2.37. The van der Waals surface area contributed by atoms with Gasteiger partial charge in [0, 0.05) is 6.42 Å². The summed E-state index contributed by atoms with van der Waals surface area (Å²) in [6, 6.07) is 8.78. The van der Waals surface area contributed by atoms with Crippen molar-refractivity contribution in [1.29, 1.82) is 0 Å². The first-order valence-corrected chi connectivity index (χ1v) is 5.64. The molecule has 0 aliphatic heterocycles. The lowest BCUT2D eigenvalue weighted by Crippen LogP contribution is -2.32. The second-order valence-corrected chi connectivity index (χ2v) is 3.80. The Morgan fingerprint density at radius 2 is 2.06 bits per heavy atom. The molecule has 0 amide bonds. The first-order chi connectivity index (χ1) is 8.24. The lowest BCUT2D eigenvalue weighted by atomic mass is 10.1. The van der Waals surface area contributed by atoms with Crippen molar-refractivity contribution >= 4 is 12.3 Å². The first-order valence-electron chi connectivity index (χ1n) is 5.64. The number of esters is 1. The van der Waals surface area contributed by atoms with Crippen LogP contribution in [-0.4, -0.2) is 18.3 Å². The Hall–Kier alpha value is -1.68. The second kappa shape index (κ2) is 7.57. The number of hydrogen-bond donors (Lipinski definition) is 1. The van der Waals surface area contributed by atoms with E-state index < -0.39 is 12.0 Å². The zero-order chi connectivity index (χ0) is 12.5. The van der Waals surface area contributed by atoms with Crippen molar-refractivity contribution in [2.24, 2.45) is 5.73 Å². The van der Waals surface area contributed by atoms with Gasteiger partial charge in [0.2, 0.25) is 0 Å². The fourth-order valence-corrected chi connectivity index (χ4v) is 1.37. The van der Waals surface area contributed by atoms with Crippen molar-refractivity contribution in [3.63, 3.8) is 0 Å². The Bertz CT molecular complexity index is 351. The molecule has 1 aromatic carbocycles. The van der Waals surface area contributed by atoms with Gasteiger partial charge < -0.3 is 15.3 Å². The van der Waals surface area contributed by atoms with E-state index in [4.69, 9.17) is 10.5 Å². The predicted octanol–water partition coefficient (Wildman–Crippen LogP) is 1.43. The quantitative estimate of drug-likeness (QED) is 0.441. The fourth-order valence-electron chi connectivity index (χ4n) is 1.37. The maximum Gasteiger partial charge on any atom is 0.323 e. The molecule has 17 heavy (non-hydrogen) atoms. The number of rotatable bonds is 7. The molecule has 92 valence electrons. The maximum atomic E-state index is 11.5. The van der Waals surface area contributed by atoms with Crippen molar-refractivity contribution in [3.05, 3.63) is 35.9 Å². The average molecular weight is 235 g/mol. The van der Waals surface area contributed by atoms with E-state index in [-0.39, 0.29) is 6.61 Å². The van der Waals surface area contributed by atoms with Crippen molar-refractivity contribution in [1.82, 2.24) is 0 Å². The Labute approximate surface area is 101 Å². The smallest absolute Gasteiger partial charge is 0.323 e. The van der Waals surface area contributed by atoms with Crippen LogP contribution in [0.5, 0.6) is 0 Å². The van der Waals surface area contributed by atoms with Crippen molar-refractivity contribution < 1.29 is 14.3 Å². The number of carbonyl (C=O) groups excluding carboxylic acids is 2.